The Morgan fingerprint density at radius 1 is 1.33 bits per heavy atom. The molecule has 3 heteroatoms. The first-order chi connectivity index (χ1) is 10.1. The number of fused-ring (bicyclic) bond motifs is 1. The molecule has 112 valence electrons. The van der Waals surface area contributed by atoms with E-state index in [9.17, 15) is 0 Å². The minimum Gasteiger partial charge on any atom is -0.338 e. The summed E-state index contributed by atoms with van der Waals surface area (Å²) in [7, 11) is 2.06. The van der Waals surface area contributed by atoms with E-state index >= 15 is 0 Å². The van der Waals surface area contributed by atoms with Crippen LogP contribution in [0.1, 0.15) is 49.7 Å². The minimum atomic E-state index is 0.300. The number of imidazole rings is 1. The summed E-state index contributed by atoms with van der Waals surface area (Å²) < 4.78 is 2.10. The Morgan fingerprint density at radius 3 is 2.90 bits per heavy atom. The van der Waals surface area contributed by atoms with Gasteiger partial charge in [0.1, 0.15) is 5.82 Å². The highest BCUT2D eigenvalue weighted by molar-refractivity contribution is 5.38. The molecule has 1 aliphatic carbocycles. The number of aromatic nitrogens is 2. The zero-order valence-electron chi connectivity index (χ0n) is 13.3. The average molecular weight is 283 g/mol. The molecule has 1 aliphatic rings. The maximum atomic E-state index is 4.39. The fraction of sp³-hybridized carbons (Fsp3) is 0.500. The highest BCUT2D eigenvalue weighted by atomic mass is 15.0. The second-order valence-corrected chi connectivity index (χ2v) is 6.72. The lowest BCUT2D eigenvalue weighted by Gasteiger charge is -2.37. The first-order valence-corrected chi connectivity index (χ1v) is 7.87. The average Bonchev–Trinajstić information content (AvgIpc) is 2.87. The van der Waals surface area contributed by atoms with Gasteiger partial charge in [0, 0.05) is 38.4 Å². The molecule has 1 aromatic heterocycles. The van der Waals surface area contributed by atoms with E-state index in [4.69, 9.17) is 0 Å². The van der Waals surface area contributed by atoms with E-state index < -0.39 is 0 Å². The van der Waals surface area contributed by atoms with Gasteiger partial charge in [0.05, 0.1) is 0 Å². The standard InChI is InChI=1S/C18H25N3/c1-18(2)10-8-16(14-6-4-5-7-15(14)18)19-11-9-17-20-12-13-21(17)3/h4-7,12-13,16,19H,8-11H2,1-3H3. The summed E-state index contributed by atoms with van der Waals surface area (Å²) in [4.78, 5) is 4.39. The third kappa shape index (κ3) is 2.88. The number of benzene rings is 1. The van der Waals surface area contributed by atoms with E-state index in [1.165, 1.54) is 24.0 Å². The van der Waals surface area contributed by atoms with Gasteiger partial charge >= 0.3 is 0 Å². The predicted octanol–water partition coefficient (Wildman–Crippen LogP) is 3.36. The van der Waals surface area contributed by atoms with Crippen molar-refractivity contribution in [1.29, 1.82) is 0 Å². The van der Waals surface area contributed by atoms with Crippen LogP contribution in [0.15, 0.2) is 36.7 Å². The predicted molar refractivity (Wildman–Crippen MR) is 86.4 cm³/mol. The van der Waals surface area contributed by atoms with Crippen LogP contribution in [0.5, 0.6) is 0 Å². The molecular formula is C18H25N3. The van der Waals surface area contributed by atoms with Crippen LogP contribution in [0.25, 0.3) is 0 Å². The number of rotatable bonds is 4. The molecule has 3 nitrogen and oxygen atoms in total. The lowest BCUT2D eigenvalue weighted by Crippen LogP contribution is -2.33. The second kappa shape index (κ2) is 5.64. The summed E-state index contributed by atoms with van der Waals surface area (Å²) in [6.07, 6.45) is 7.31. The Labute approximate surface area is 127 Å². The molecule has 0 saturated heterocycles. The summed E-state index contributed by atoms with van der Waals surface area (Å²) in [5.74, 6) is 1.15. The van der Waals surface area contributed by atoms with Crippen molar-refractivity contribution in [3.8, 4) is 0 Å². The lowest BCUT2D eigenvalue weighted by molar-refractivity contribution is 0.359. The van der Waals surface area contributed by atoms with E-state index in [-0.39, 0.29) is 0 Å². The van der Waals surface area contributed by atoms with Crippen molar-refractivity contribution >= 4 is 0 Å². The molecule has 1 unspecified atom stereocenters. The summed E-state index contributed by atoms with van der Waals surface area (Å²) >= 11 is 0. The van der Waals surface area contributed by atoms with Gasteiger partial charge in [-0.1, -0.05) is 38.1 Å². The molecule has 0 saturated carbocycles. The van der Waals surface area contributed by atoms with Crippen LogP contribution in [0.4, 0.5) is 0 Å². The summed E-state index contributed by atoms with van der Waals surface area (Å²) in [6.45, 7) is 5.69. The maximum Gasteiger partial charge on any atom is 0.109 e. The number of nitrogens with zero attached hydrogens (tertiary/aromatic N) is 2. The highest BCUT2D eigenvalue weighted by Gasteiger charge is 2.31. The van der Waals surface area contributed by atoms with Gasteiger partial charge in [-0.15, -0.1) is 0 Å². The summed E-state index contributed by atoms with van der Waals surface area (Å²) in [5.41, 5.74) is 3.29. The van der Waals surface area contributed by atoms with Gasteiger partial charge in [-0.05, 0) is 29.4 Å². The third-order valence-electron chi connectivity index (χ3n) is 4.78. The topological polar surface area (TPSA) is 29.9 Å². The van der Waals surface area contributed by atoms with Crippen LogP contribution in [-0.2, 0) is 18.9 Å². The van der Waals surface area contributed by atoms with Crippen molar-refractivity contribution in [2.24, 2.45) is 7.05 Å². The van der Waals surface area contributed by atoms with E-state index in [2.05, 4.69) is 60.0 Å². The molecule has 0 fully saturated rings. The van der Waals surface area contributed by atoms with Crippen molar-refractivity contribution < 1.29 is 0 Å². The lowest BCUT2D eigenvalue weighted by atomic mass is 9.71. The first-order valence-electron chi connectivity index (χ1n) is 7.87. The van der Waals surface area contributed by atoms with Crippen molar-refractivity contribution in [3.05, 3.63) is 53.6 Å². The van der Waals surface area contributed by atoms with Crippen molar-refractivity contribution in [2.45, 2.75) is 44.6 Å². The zero-order chi connectivity index (χ0) is 14.9. The van der Waals surface area contributed by atoms with Crippen LogP contribution in [0, 0.1) is 0 Å². The van der Waals surface area contributed by atoms with E-state index in [0.717, 1.165) is 18.8 Å². The van der Waals surface area contributed by atoms with Crippen LogP contribution < -0.4 is 5.32 Å². The number of hydrogen-bond acceptors (Lipinski definition) is 2. The monoisotopic (exact) mass is 283 g/mol. The molecule has 0 spiro atoms. The minimum absolute atomic E-state index is 0.300. The van der Waals surface area contributed by atoms with E-state index in [1.807, 2.05) is 12.4 Å². The van der Waals surface area contributed by atoms with Gasteiger partial charge < -0.3 is 9.88 Å². The van der Waals surface area contributed by atoms with Crippen LogP contribution in [-0.4, -0.2) is 16.1 Å². The molecule has 2 aromatic rings. The highest BCUT2D eigenvalue weighted by Crippen LogP contribution is 2.41. The van der Waals surface area contributed by atoms with Gasteiger partial charge in [-0.25, -0.2) is 4.98 Å². The maximum absolute atomic E-state index is 4.39. The smallest absolute Gasteiger partial charge is 0.109 e. The molecule has 0 aliphatic heterocycles. The van der Waals surface area contributed by atoms with Gasteiger partial charge in [0.2, 0.25) is 0 Å². The Balaban J connectivity index is 1.68. The number of nitrogens with one attached hydrogen (secondary N) is 1. The molecule has 1 aromatic carbocycles. The van der Waals surface area contributed by atoms with Crippen LogP contribution >= 0.6 is 0 Å². The molecule has 1 heterocycles. The number of hydrogen-bond donors (Lipinski definition) is 1. The Kier molecular flexibility index (Phi) is 3.85. The van der Waals surface area contributed by atoms with Crippen molar-refractivity contribution in [2.75, 3.05) is 6.54 Å². The quantitative estimate of drug-likeness (QED) is 0.932. The molecule has 21 heavy (non-hydrogen) atoms. The third-order valence-corrected chi connectivity index (χ3v) is 4.78. The van der Waals surface area contributed by atoms with Crippen LogP contribution in [0.3, 0.4) is 0 Å². The number of aryl methyl sites for hydroxylation is 1. The SMILES string of the molecule is Cn1ccnc1CCNC1CCC(C)(C)c2ccccc21. The molecular weight excluding hydrogens is 258 g/mol. The van der Waals surface area contributed by atoms with Crippen molar-refractivity contribution in [3.63, 3.8) is 0 Å². The Morgan fingerprint density at radius 2 is 2.14 bits per heavy atom. The second-order valence-electron chi connectivity index (χ2n) is 6.72. The fourth-order valence-electron chi connectivity index (χ4n) is 3.42. The molecule has 0 amide bonds. The van der Waals surface area contributed by atoms with Gasteiger partial charge in [0.25, 0.3) is 0 Å². The molecule has 3 rings (SSSR count). The van der Waals surface area contributed by atoms with Gasteiger partial charge in [-0.2, -0.15) is 0 Å². The van der Waals surface area contributed by atoms with E-state index in [0.29, 0.717) is 11.5 Å². The Hall–Kier alpha value is -1.61. The zero-order valence-corrected chi connectivity index (χ0v) is 13.3. The van der Waals surface area contributed by atoms with Gasteiger partial charge in [0.15, 0.2) is 0 Å². The largest absolute Gasteiger partial charge is 0.338 e. The normalized spacial score (nSPS) is 20.2. The Bertz CT molecular complexity index is 612. The summed E-state index contributed by atoms with van der Waals surface area (Å²) in [5, 5.41) is 3.73. The first kappa shape index (κ1) is 14.3. The molecule has 0 bridgehead atoms. The molecule has 0 radical (unpaired) electrons. The van der Waals surface area contributed by atoms with Gasteiger partial charge in [-0.3, -0.25) is 0 Å². The summed E-state index contributed by atoms with van der Waals surface area (Å²) in [6, 6.07) is 9.38. The fourth-order valence-corrected chi connectivity index (χ4v) is 3.42. The van der Waals surface area contributed by atoms with Crippen molar-refractivity contribution in [1.82, 2.24) is 14.9 Å². The van der Waals surface area contributed by atoms with E-state index in [1.54, 1.807) is 0 Å². The molecule has 1 N–H and O–H groups in total. The van der Waals surface area contributed by atoms with Crippen LogP contribution in [0.2, 0.25) is 0 Å². The molecule has 1 atom stereocenters.